The molecule has 2 nitrogen and oxygen atoms in total. The van der Waals surface area contributed by atoms with Gasteiger partial charge in [-0.05, 0) is 42.0 Å². The lowest BCUT2D eigenvalue weighted by Crippen LogP contribution is -2.13. The smallest absolute Gasteiger partial charge is 0.121 e. The lowest BCUT2D eigenvalue weighted by atomic mass is 10.1. The number of rotatable bonds is 4. The molecule has 17 heavy (non-hydrogen) atoms. The number of hydrogen-bond acceptors (Lipinski definition) is 2. The summed E-state index contributed by atoms with van der Waals surface area (Å²) in [6.07, 6.45) is 10.7. The molecule has 0 aliphatic heterocycles. The molecule has 0 fully saturated rings. The molecule has 2 rings (SSSR count). The van der Waals surface area contributed by atoms with Crippen molar-refractivity contribution in [2.75, 3.05) is 0 Å². The number of benzene rings is 1. The molecule has 1 N–H and O–H groups in total. The van der Waals surface area contributed by atoms with Crippen molar-refractivity contribution in [3.8, 4) is 5.75 Å². The first-order chi connectivity index (χ1) is 8.29. The predicted molar refractivity (Wildman–Crippen MR) is 70.8 cm³/mol. The molecule has 2 heteroatoms. The Morgan fingerprint density at radius 2 is 2.06 bits per heavy atom. The van der Waals surface area contributed by atoms with Gasteiger partial charge in [-0.1, -0.05) is 24.8 Å². The molecule has 1 aromatic rings. The van der Waals surface area contributed by atoms with Crippen molar-refractivity contribution in [3.05, 3.63) is 66.8 Å². The minimum absolute atomic E-state index is 0.115. The minimum atomic E-state index is 0.115. The standard InChI is InChI=1S/C15H15NO/c1-2-15(16)12-8-10-14(11-9-12)17-13-6-4-3-5-7-13/h2-6,8-11,13,16H,1,7H2. The summed E-state index contributed by atoms with van der Waals surface area (Å²) < 4.78 is 5.79. The highest BCUT2D eigenvalue weighted by Gasteiger charge is 2.06. The van der Waals surface area contributed by atoms with Gasteiger partial charge in [0.05, 0.1) is 5.71 Å². The van der Waals surface area contributed by atoms with Gasteiger partial charge >= 0.3 is 0 Å². The van der Waals surface area contributed by atoms with E-state index in [9.17, 15) is 0 Å². The molecule has 0 aromatic heterocycles. The first-order valence-electron chi connectivity index (χ1n) is 5.61. The van der Waals surface area contributed by atoms with Crippen molar-refractivity contribution in [3.63, 3.8) is 0 Å². The molecule has 0 spiro atoms. The molecule has 0 amide bonds. The third-order valence-corrected chi connectivity index (χ3v) is 2.60. The summed E-state index contributed by atoms with van der Waals surface area (Å²) in [6.45, 7) is 3.58. The molecule has 1 unspecified atom stereocenters. The molecule has 1 atom stereocenters. The molecule has 1 aliphatic carbocycles. The minimum Gasteiger partial charge on any atom is -0.486 e. The van der Waals surface area contributed by atoms with Gasteiger partial charge in [0.25, 0.3) is 0 Å². The van der Waals surface area contributed by atoms with Crippen LogP contribution in [0.4, 0.5) is 0 Å². The molecule has 0 bridgehead atoms. The quantitative estimate of drug-likeness (QED) is 0.781. The lowest BCUT2D eigenvalue weighted by Gasteiger charge is -2.16. The number of ether oxygens (including phenoxy) is 1. The SMILES string of the molecule is C=CC(=N)c1ccc(OC2C=CC=CC2)cc1. The highest BCUT2D eigenvalue weighted by atomic mass is 16.5. The van der Waals surface area contributed by atoms with Gasteiger partial charge in [-0.25, -0.2) is 0 Å². The first kappa shape index (κ1) is 11.4. The molecule has 0 saturated heterocycles. The van der Waals surface area contributed by atoms with Crippen LogP contribution < -0.4 is 4.74 Å². The van der Waals surface area contributed by atoms with Gasteiger partial charge < -0.3 is 10.1 Å². The zero-order valence-corrected chi connectivity index (χ0v) is 9.60. The number of hydrogen-bond donors (Lipinski definition) is 1. The molecule has 0 radical (unpaired) electrons. The summed E-state index contributed by atoms with van der Waals surface area (Å²) in [6, 6.07) is 7.53. The van der Waals surface area contributed by atoms with Crippen molar-refractivity contribution < 1.29 is 4.74 Å². The fourth-order valence-electron chi connectivity index (χ4n) is 1.65. The van der Waals surface area contributed by atoms with E-state index in [1.807, 2.05) is 42.5 Å². The van der Waals surface area contributed by atoms with Gasteiger partial charge in [-0.3, -0.25) is 0 Å². The van der Waals surface area contributed by atoms with Crippen LogP contribution in [0.1, 0.15) is 12.0 Å². The normalized spacial score (nSPS) is 17.8. The van der Waals surface area contributed by atoms with Crippen molar-refractivity contribution in [2.45, 2.75) is 12.5 Å². The Labute approximate surface area is 101 Å². The fraction of sp³-hybridized carbons (Fsp3) is 0.133. The Hall–Kier alpha value is -2.09. The monoisotopic (exact) mass is 225 g/mol. The Morgan fingerprint density at radius 1 is 1.29 bits per heavy atom. The van der Waals surface area contributed by atoms with E-state index < -0.39 is 0 Å². The number of nitrogens with one attached hydrogen (secondary N) is 1. The van der Waals surface area contributed by atoms with E-state index in [4.69, 9.17) is 10.1 Å². The van der Waals surface area contributed by atoms with Gasteiger partial charge in [0.2, 0.25) is 0 Å². The van der Waals surface area contributed by atoms with Gasteiger partial charge in [0.1, 0.15) is 11.9 Å². The molecule has 0 saturated carbocycles. The first-order valence-corrected chi connectivity index (χ1v) is 5.61. The highest BCUT2D eigenvalue weighted by Crippen LogP contribution is 2.17. The zero-order chi connectivity index (χ0) is 12.1. The average molecular weight is 225 g/mol. The Balaban J connectivity index is 2.03. The van der Waals surface area contributed by atoms with Gasteiger partial charge in [-0.15, -0.1) is 0 Å². The van der Waals surface area contributed by atoms with Crippen molar-refractivity contribution in [1.82, 2.24) is 0 Å². The van der Waals surface area contributed by atoms with Crippen LogP contribution in [0.25, 0.3) is 0 Å². The highest BCUT2D eigenvalue weighted by molar-refractivity contribution is 6.06. The van der Waals surface area contributed by atoms with E-state index in [0.29, 0.717) is 5.71 Å². The summed E-state index contributed by atoms with van der Waals surface area (Å²) in [4.78, 5) is 0. The van der Waals surface area contributed by atoms with E-state index in [1.54, 1.807) is 0 Å². The second-order valence-electron chi connectivity index (χ2n) is 3.85. The van der Waals surface area contributed by atoms with E-state index in [0.717, 1.165) is 17.7 Å². The molecule has 1 aromatic carbocycles. The molecular weight excluding hydrogens is 210 g/mol. The van der Waals surface area contributed by atoms with E-state index in [2.05, 4.69) is 12.7 Å². The molecule has 86 valence electrons. The summed E-state index contributed by atoms with van der Waals surface area (Å²) in [5.74, 6) is 0.829. The van der Waals surface area contributed by atoms with Crippen LogP contribution in [0.2, 0.25) is 0 Å². The Bertz CT molecular complexity index is 468. The maximum atomic E-state index is 7.62. The summed E-state index contributed by atoms with van der Waals surface area (Å²) in [5.41, 5.74) is 1.28. The van der Waals surface area contributed by atoms with Crippen LogP contribution >= 0.6 is 0 Å². The number of allylic oxidation sites excluding steroid dienone is 3. The van der Waals surface area contributed by atoms with Crippen molar-refractivity contribution >= 4 is 5.71 Å². The van der Waals surface area contributed by atoms with Gasteiger partial charge in [0, 0.05) is 6.42 Å². The van der Waals surface area contributed by atoms with E-state index in [1.165, 1.54) is 6.08 Å². The third-order valence-electron chi connectivity index (χ3n) is 2.60. The van der Waals surface area contributed by atoms with Crippen LogP contribution in [-0.4, -0.2) is 11.8 Å². The Morgan fingerprint density at radius 3 is 2.65 bits per heavy atom. The fourth-order valence-corrected chi connectivity index (χ4v) is 1.65. The molecule has 0 heterocycles. The summed E-state index contributed by atoms with van der Waals surface area (Å²) >= 11 is 0. The molecular formula is C15H15NO. The second kappa shape index (κ2) is 5.30. The van der Waals surface area contributed by atoms with Gasteiger partial charge in [-0.2, -0.15) is 0 Å². The van der Waals surface area contributed by atoms with E-state index >= 15 is 0 Å². The maximum Gasteiger partial charge on any atom is 0.121 e. The van der Waals surface area contributed by atoms with Crippen LogP contribution in [0.5, 0.6) is 5.75 Å². The third kappa shape index (κ3) is 2.94. The average Bonchev–Trinajstić information content (AvgIpc) is 2.40. The zero-order valence-electron chi connectivity index (χ0n) is 9.60. The van der Waals surface area contributed by atoms with Crippen LogP contribution in [0.15, 0.2) is 61.2 Å². The van der Waals surface area contributed by atoms with E-state index in [-0.39, 0.29) is 6.10 Å². The summed E-state index contributed by atoms with van der Waals surface area (Å²) in [5, 5.41) is 7.62. The predicted octanol–water partition coefficient (Wildman–Crippen LogP) is 3.50. The lowest BCUT2D eigenvalue weighted by molar-refractivity contribution is 0.251. The largest absolute Gasteiger partial charge is 0.486 e. The Kier molecular flexibility index (Phi) is 3.55. The van der Waals surface area contributed by atoms with Crippen molar-refractivity contribution in [2.24, 2.45) is 0 Å². The summed E-state index contributed by atoms with van der Waals surface area (Å²) in [7, 11) is 0. The van der Waals surface area contributed by atoms with Crippen LogP contribution in [0.3, 0.4) is 0 Å². The maximum absolute atomic E-state index is 7.62. The topological polar surface area (TPSA) is 33.1 Å². The molecule has 1 aliphatic rings. The second-order valence-corrected chi connectivity index (χ2v) is 3.85. The van der Waals surface area contributed by atoms with Crippen LogP contribution in [0, 0.1) is 5.41 Å². The van der Waals surface area contributed by atoms with Crippen molar-refractivity contribution in [1.29, 1.82) is 5.41 Å². The van der Waals surface area contributed by atoms with Crippen LogP contribution in [-0.2, 0) is 0 Å². The van der Waals surface area contributed by atoms with Gasteiger partial charge in [0.15, 0.2) is 0 Å².